The van der Waals surface area contributed by atoms with Crippen LogP contribution in [-0.4, -0.2) is 42.8 Å². The predicted molar refractivity (Wildman–Crippen MR) is 38.2 cm³/mol. The topological polar surface area (TPSA) is 49.5 Å². The van der Waals surface area contributed by atoms with E-state index >= 15 is 0 Å². The van der Waals surface area contributed by atoms with Crippen LogP contribution in [-0.2, 0) is 0 Å². The van der Waals surface area contributed by atoms with Crippen molar-refractivity contribution in [1.82, 2.24) is 4.90 Å². The molecule has 0 aliphatic carbocycles. The lowest BCUT2D eigenvalue weighted by molar-refractivity contribution is 0.117. The van der Waals surface area contributed by atoms with E-state index in [9.17, 15) is 0 Å². The van der Waals surface area contributed by atoms with E-state index in [2.05, 4.69) is 0 Å². The Labute approximate surface area is 56.5 Å². The molecule has 0 saturated carbocycles. The van der Waals surface area contributed by atoms with Gasteiger partial charge in [0.2, 0.25) is 0 Å². The molecule has 2 atom stereocenters. The van der Waals surface area contributed by atoms with Crippen LogP contribution in [0.15, 0.2) is 0 Å². The highest BCUT2D eigenvalue weighted by molar-refractivity contribution is 4.67. The van der Waals surface area contributed by atoms with Crippen LogP contribution < -0.4 is 5.73 Å². The van der Waals surface area contributed by atoms with Crippen molar-refractivity contribution in [2.24, 2.45) is 5.73 Å². The van der Waals surface area contributed by atoms with E-state index in [1.165, 1.54) is 0 Å². The van der Waals surface area contributed by atoms with Gasteiger partial charge in [-0.1, -0.05) is 0 Å². The number of likely N-dealkylation sites (N-methyl/N-ethyl adjacent to an activating group) is 1. The second-order valence-corrected chi connectivity index (χ2v) is 2.69. The Hall–Kier alpha value is -0.120. The van der Waals surface area contributed by atoms with Crippen molar-refractivity contribution in [3.63, 3.8) is 0 Å². The summed E-state index contributed by atoms with van der Waals surface area (Å²) in [6, 6.07) is -0.132. The van der Waals surface area contributed by atoms with E-state index < -0.39 is 6.10 Å². The number of nitrogens with zero attached hydrogens (tertiary/aromatic N) is 1. The van der Waals surface area contributed by atoms with Crippen LogP contribution in [0.25, 0.3) is 0 Å². The predicted octanol–water partition coefficient (Wildman–Crippen LogP) is -0.744. The molecule has 0 rings (SSSR count). The first-order valence-electron chi connectivity index (χ1n) is 3.12. The Morgan fingerprint density at radius 1 is 1.56 bits per heavy atom. The SMILES string of the molecule is C[C@@H](N)[C@H](O)CN(C)C. The van der Waals surface area contributed by atoms with E-state index in [0.29, 0.717) is 6.54 Å². The Bertz CT molecular complexity index is 73.5. The molecule has 0 heterocycles. The third-order valence-electron chi connectivity index (χ3n) is 1.16. The molecule has 3 heteroatoms. The van der Waals surface area contributed by atoms with Gasteiger partial charge >= 0.3 is 0 Å². The normalized spacial score (nSPS) is 18.0. The summed E-state index contributed by atoms with van der Waals surface area (Å²) in [6.07, 6.45) is -0.403. The molecular formula is C6H16N2O. The summed E-state index contributed by atoms with van der Waals surface area (Å²) in [6.45, 7) is 2.44. The minimum absolute atomic E-state index is 0.132. The highest BCUT2D eigenvalue weighted by Gasteiger charge is 2.08. The summed E-state index contributed by atoms with van der Waals surface area (Å²) >= 11 is 0. The lowest BCUT2D eigenvalue weighted by atomic mass is 10.2. The summed E-state index contributed by atoms with van der Waals surface area (Å²) in [5.74, 6) is 0. The molecule has 0 aliphatic rings. The summed E-state index contributed by atoms with van der Waals surface area (Å²) < 4.78 is 0. The number of aliphatic hydroxyl groups is 1. The molecule has 0 unspecified atom stereocenters. The van der Waals surface area contributed by atoms with E-state index in [1.54, 1.807) is 6.92 Å². The number of nitrogens with two attached hydrogens (primary N) is 1. The number of hydrogen-bond donors (Lipinski definition) is 2. The maximum atomic E-state index is 9.13. The van der Waals surface area contributed by atoms with E-state index in [-0.39, 0.29) is 6.04 Å². The van der Waals surface area contributed by atoms with Crippen LogP contribution in [0.3, 0.4) is 0 Å². The van der Waals surface area contributed by atoms with Crippen LogP contribution in [0.4, 0.5) is 0 Å². The molecular weight excluding hydrogens is 116 g/mol. The highest BCUT2D eigenvalue weighted by atomic mass is 16.3. The first-order chi connectivity index (χ1) is 4.04. The van der Waals surface area contributed by atoms with Gasteiger partial charge in [-0.25, -0.2) is 0 Å². The second-order valence-electron chi connectivity index (χ2n) is 2.69. The zero-order valence-electron chi connectivity index (χ0n) is 6.33. The molecule has 0 aliphatic heterocycles. The van der Waals surface area contributed by atoms with Crippen molar-refractivity contribution >= 4 is 0 Å². The van der Waals surface area contributed by atoms with Crippen molar-refractivity contribution in [3.8, 4) is 0 Å². The third-order valence-corrected chi connectivity index (χ3v) is 1.16. The molecule has 0 aromatic heterocycles. The van der Waals surface area contributed by atoms with Crippen LogP contribution >= 0.6 is 0 Å². The monoisotopic (exact) mass is 132 g/mol. The number of hydrogen-bond acceptors (Lipinski definition) is 3. The molecule has 0 fully saturated rings. The van der Waals surface area contributed by atoms with Gasteiger partial charge in [0.15, 0.2) is 0 Å². The summed E-state index contributed by atoms with van der Waals surface area (Å²) in [5, 5.41) is 9.13. The van der Waals surface area contributed by atoms with Crippen LogP contribution in [0, 0.1) is 0 Å². The minimum atomic E-state index is -0.403. The zero-order valence-corrected chi connectivity index (χ0v) is 6.33. The molecule has 0 bridgehead atoms. The maximum absolute atomic E-state index is 9.13. The van der Waals surface area contributed by atoms with Gasteiger partial charge < -0.3 is 15.7 Å². The summed E-state index contributed by atoms with van der Waals surface area (Å²) in [5.41, 5.74) is 5.41. The molecule has 3 nitrogen and oxygen atoms in total. The standard InChI is InChI=1S/C6H16N2O/c1-5(7)6(9)4-8(2)3/h5-6,9H,4,7H2,1-3H3/t5-,6-/m1/s1. The molecule has 9 heavy (non-hydrogen) atoms. The van der Waals surface area contributed by atoms with Crippen molar-refractivity contribution < 1.29 is 5.11 Å². The highest BCUT2D eigenvalue weighted by Crippen LogP contribution is 1.89. The molecule has 0 aromatic carbocycles. The van der Waals surface area contributed by atoms with Crippen molar-refractivity contribution in [1.29, 1.82) is 0 Å². The Kier molecular flexibility index (Phi) is 3.77. The summed E-state index contributed by atoms with van der Waals surface area (Å²) in [7, 11) is 3.82. The van der Waals surface area contributed by atoms with Crippen molar-refractivity contribution in [2.45, 2.75) is 19.1 Å². The largest absolute Gasteiger partial charge is 0.390 e. The lowest BCUT2D eigenvalue weighted by Gasteiger charge is -2.18. The molecule has 0 radical (unpaired) electrons. The zero-order chi connectivity index (χ0) is 7.44. The smallest absolute Gasteiger partial charge is 0.0814 e. The van der Waals surface area contributed by atoms with E-state index in [0.717, 1.165) is 0 Å². The average molecular weight is 132 g/mol. The minimum Gasteiger partial charge on any atom is -0.390 e. The van der Waals surface area contributed by atoms with E-state index in [1.807, 2.05) is 19.0 Å². The van der Waals surface area contributed by atoms with Crippen LogP contribution in [0.5, 0.6) is 0 Å². The maximum Gasteiger partial charge on any atom is 0.0814 e. The van der Waals surface area contributed by atoms with Gasteiger partial charge in [0.1, 0.15) is 0 Å². The first kappa shape index (κ1) is 8.88. The molecule has 0 amide bonds. The van der Waals surface area contributed by atoms with Gasteiger partial charge in [0.05, 0.1) is 6.10 Å². The van der Waals surface area contributed by atoms with Gasteiger partial charge in [-0.2, -0.15) is 0 Å². The lowest BCUT2D eigenvalue weighted by Crippen LogP contribution is -2.39. The number of rotatable bonds is 3. The van der Waals surface area contributed by atoms with Gasteiger partial charge in [0, 0.05) is 12.6 Å². The molecule has 0 spiro atoms. The Morgan fingerprint density at radius 2 is 2.00 bits per heavy atom. The first-order valence-corrected chi connectivity index (χ1v) is 3.12. The summed E-state index contributed by atoms with van der Waals surface area (Å²) in [4.78, 5) is 1.91. The van der Waals surface area contributed by atoms with Crippen LogP contribution in [0.1, 0.15) is 6.92 Å². The molecule has 56 valence electrons. The fraction of sp³-hybridized carbons (Fsp3) is 1.00. The fourth-order valence-electron chi connectivity index (χ4n) is 0.540. The van der Waals surface area contributed by atoms with Gasteiger partial charge in [-0.15, -0.1) is 0 Å². The molecule has 0 saturated heterocycles. The average Bonchev–Trinajstić information content (AvgIpc) is 1.63. The van der Waals surface area contributed by atoms with Gasteiger partial charge in [-0.3, -0.25) is 0 Å². The van der Waals surface area contributed by atoms with Gasteiger partial charge in [-0.05, 0) is 21.0 Å². The molecule has 3 N–H and O–H groups in total. The molecule has 0 aromatic rings. The Balaban J connectivity index is 3.38. The van der Waals surface area contributed by atoms with Gasteiger partial charge in [0.25, 0.3) is 0 Å². The second kappa shape index (κ2) is 3.82. The van der Waals surface area contributed by atoms with E-state index in [4.69, 9.17) is 10.8 Å². The quantitative estimate of drug-likeness (QED) is 0.531. The third kappa shape index (κ3) is 4.39. The van der Waals surface area contributed by atoms with Crippen molar-refractivity contribution in [3.05, 3.63) is 0 Å². The van der Waals surface area contributed by atoms with Crippen molar-refractivity contribution in [2.75, 3.05) is 20.6 Å². The fourth-order valence-corrected chi connectivity index (χ4v) is 0.540. The van der Waals surface area contributed by atoms with Crippen LogP contribution in [0.2, 0.25) is 0 Å². The number of aliphatic hydroxyl groups excluding tert-OH is 1. The Morgan fingerprint density at radius 3 is 2.11 bits per heavy atom.